The van der Waals surface area contributed by atoms with Crippen molar-refractivity contribution < 1.29 is 9.72 Å². The van der Waals surface area contributed by atoms with Crippen molar-refractivity contribution in [1.29, 1.82) is 0 Å². The van der Waals surface area contributed by atoms with Crippen LogP contribution in [0.1, 0.15) is 29.3 Å². The summed E-state index contributed by atoms with van der Waals surface area (Å²) in [5.41, 5.74) is 4.76. The van der Waals surface area contributed by atoms with Gasteiger partial charge in [0.25, 0.3) is 11.6 Å². The Labute approximate surface area is 134 Å². The van der Waals surface area contributed by atoms with Crippen molar-refractivity contribution in [3.8, 4) is 0 Å². The van der Waals surface area contributed by atoms with Crippen molar-refractivity contribution in [2.75, 3.05) is 0 Å². The molecule has 6 nitrogen and oxygen atoms in total. The van der Waals surface area contributed by atoms with Crippen LogP contribution >= 0.6 is 0 Å². The van der Waals surface area contributed by atoms with Crippen molar-refractivity contribution in [1.82, 2.24) is 5.43 Å². The van der Waals surface area contributed by atoms with Crippen molar-refractivity contribution in [3.63, 3.8) is 0 Å². The predicted octanol–water partition coefficient (Wildman–Crippen LogP) is 3.33. The lowest BCUT2D eigenvalue weighted by atomic mass is 10.1. The van der Waals surface area contributed by atoms with Crippen LogP contribution < -0.4 is 5.43 Å². The molecule has 0 spiro atoms. The van der Waals surface area contributed by atoms with Gasteiger partial charge in [-0.3, -0.25) is 14.9 Å². The third-order valence-electron chi connectivity index (χ3n) is 3.31. The van der Waals surface area contributed by atoms with Gasteiger partial charge in [-0.2, -0.15) is 5.10 Å². The molecule has 0 saturated heterocycles. The van der Waals surface area contributed by atoms with Crippen molar-refractivity contribution in [2.45, 2.75) is 19.8 Å². The first kappa shape index (κ1) is 16.4. The van der Waals surface area contributed by atoms with Gasteiger partial charge < -0.3 is 0 Å². The van der Waals surface area contributed by atoms with Crippen molar-refractivity contribution >= 4 is 17.3 Å². The zero-order valence-electron chi connectivity index (χ0n) is 12.7. The third kappa shape index (κ3) is 5.03. The maximum Gasteiger partial charge on any atom is 0.271 e. The average Bonchev–Trinajstić information content (AvgIpc) is 2.58. The Bertz CT molecular complexity index is 710. The molecule has 2 rings (SSSR count). The molecule has 0 fully saturated rings. The van der Waals surface area contributed by atoms with Gasteiger partial charge in [0, 0.05) is 23.4 Å². The van der Waals surface area contributed by atoms with Gasteiger partial charge in [-0.1, -0.05) is 30.3 Å². The molecule has 23 heavy (non-hydrogen) atoms. The lowest BCUT2D eigenvalue weighted by Crippen LogP contribution is -2.19. The minimum atomic E-state index is -0.506. The summed E-state index contributed by atoms with van der Waals surface area (Å²) in [6.07, 6.45) is 1.59. The van der Waals surface area contributed by atoms with Gasteiger partial charge in [-0.05, 0) is 37.5 Å². The largest absolute Gasteiger partial charge is 0.271 e. The fourth-order valence-electron chi connectivity index (χ4n) is 1.97. The number of nitrogens with zero attached hydrogens (tertiary/aromatic N) is 2. The van der Waals surface area contributed by atoms with Crippen LogP contribution in [0.25, 0.3) is 0 Å². The van der Waals surface area contributed by atoms with Crippen LogP contribution in [0.2, 0.25) is 0 Å². The molecule has 2 aromatic carbocycles. The second-order valence-corrected chi connectivity index (χ2v) is 5.08. The summed E-state index contributed by atoms with van der Waals surface area (Å²) in [7, 11) is 0. The molecular weight excluding hydrogens is 294 g/mol. The molecule has 1 amide bonds. The standard InChI is InChI=1S/C17H17N3O3/c1-13(7-8-14-5-3-2-4-6-14)18-19-17(21)15-9-11-16(12-10-15)20(22)23/h2-6,9-12H,7-8H2,1H3,(H,19,21). The number of hydrazone groups is 1. The summed E-state index contributed by atoms with van der Waals surface area (Å²) >= 11 is 0. The Kier molecular flexibility index (Phi) is 5.57. The van der Waals surface area contributed by atoms with Crippen LogP contribution in [0, 0.1) is 10.1 Å². The first-order valence-corrected chi connectivity index (χ1v) is 7.18. The minimum absolute atomic E-state index is 0.0518. The molecule has 0 aromatic heterocycles. The van der Waals surface area contributed by atoms with E-state index in [-0.39, 0.29) is 11.6 Å². The van der Waals surface area contributed by atoms with Gasteiger partial charge in [-0.25, -0.2) is 5.43 Å². The van der Waals surface area contributed by atoms with Gasteiger partial charge in [0.2, 0.25) is 0 Å². The lowest BCUT2D eigenvalue weighted by molar-refractivity contribution is -0.384. The normalized spacial score (nSPS) is 11.1. The van der Waals surface area contributed by atoms with E-state index in [0.29, 0.717) is 5.56 Å². The zero-order chi connectivity index (χ0) is 16.7. The van der Waals surface area contributed by atoms with E-state index in [1.807, 2.05) is 37.3 Å². The molecule has 2 aromatic rings. The Morgan fingerprint density at radius 1 is 1.13 bits per heavy atom. The molecule has 0 aliphatic carbocycles. The number of carbonyl (C=O) groups excluding carboxylic acids is 1. The van der Waals surface area contributed by atoms with E-state index in [1.165, 1.54) is 29.8 Å². The van der Waals surface area contributed by atoms with Crippen molar-refractivity contribution in [2.24, 2.45) is 5.10 Å². The molecule has 0 radical (unpaired) electrons. The van der Waals surface area contributed by atoms with Crippen LogP contribution in [0.15, 0.2) is 59.7 Å². The maximum atomic E-state index is 11.9. The smallest absolute Gasteiger partial charge is 0.267 e. The molecule has 6 heteroatoms. The van der Waals surface area contributed by atoms with E-state index in [2.05, 4.69) is 10.5 Å². The fourth-order valence-corrected chi connectivity index (χ4v) is 1.97. The number of nitro benzene ring substituents is 1. The number of nitrogens with one attached hydrogen (secondary N) is 1. The third-order valence-corrected chi connectivity index (χ3v) is 3.31. The molecule has 0 atom stereocenters. The molecule has 0 saturated carbocycles. The number of non-ortho nitro benzene ring substituents is 1. The second-order valence-electron chi connectivity index (χ2n) is 5.08. The van der Waals surface area contributed by atoms with Gasteiger partial charge in [0.05, 0.1) is 4.92 Å². The molecule has 1 N–H and O–H groups in total. The Balaban J connectivity index is 1.88. The van der Waals surface area contributed by atoms with Crippen LogP contribution in [0.4, 0.5) is 5.69 Å². The topological polar surface area (TPSA) is 84.6 Å². The van der Waals surface area contributed by atoms with Gasteiger partial charge in [-0.15, -0.1) is 0 Å². The number of rotatable bonds is 6. The van der Waals surface area contributed by atoms with Gasteiger partial charge >= 0.3 is 0 Å². The average molecular weight is 311 g/mol. The highest BCUT2D eigenvalue weighted by atomic mass is 16.6. The van der Waals surface area contributed by atoms with E-state index < -0.39 is 4.92 Å². The van der Waals surface area contributed by atoms with Crippen molar-refractivity contribution in [3.05, 3.63) is 75.8 Å². The molecule has 0 aliphatic heterocycles. The predicted molar refractivity (Wildman–Crippen MR) is 88.4 cm³/mol. The van der Waals surface area contributed by atoms with Crippen LogP contribution in [-0.4, -0.2) is 16.5 Å². The number of hydrogen-bond donors (Lipinski definition) is 1. The minimum Gasteiger partial charge on any atom is -0.267 e. The summed E-state index contributed by atoms with van der Waals surface area (Å²) in [6, 6.07) is 15.4. The molecular formula is C17H17N3O3. The van der Waals surface area contributed by atoms with E-state index in [9.17, 15) is 14.9 Å². The Morgan fingerprint density at radius 3 is 2.39 bits per heavy atom. The number of benzene rings is 2. The number of hydrogen-bond acceptors (Lipinski definition) is 4. The molecule has 0 heterocycles. The highest BCUT2D eigenvalue weighted by Gasteiger charge is 2.08. The van der Waals surface area contributed by atoms with E-state index in [1.54, 1.807) is 0 Å². The number of carbonyl (C=O) groups is 1. The molecule has 0 bridgehead atoms. The number of amides is 1. The summed E-state index contributed by atoms with van der Waals surface area (Å²) in [4.78, 5) is 22.0. The monoisotopic (exact) mass is 311 g/mol. The van der Waals surface area contributed by atoms with E-state index in [0.717, 1.165) is 18.6 Å². The number of aryl methyl sites for hydroxylation is 1. The van der Waals surface area contributed by atoms with Gasteiger partial charge in [0.15, 0.2) is 0 Å². The number of nitro groups is 1. The zero-order valence-corrected chi connectivity index (χ0v) is 12.7. The summed E-state index contributed by atoms with van der Waals surface area (Å²) < 4.78 is 0. The highest BCUT2D eigenvalue weighted by Crippen LogP contribution is 2.11. The quantitative estimate of drug-likeness (QED) is 0.504. The van der Waals surface area contributed by atoms with E-state index in [4.69, 9.17) is 0 Å². The fraction of sp³-hybridized carbons (Fsp3) is 0.176. The SMILES string of the molecule is CC(CCc1ccccc1)=NNC(=O)c1ccc([N+](=O)[O-])cc1. The summed E-state index contributed by atoms with van der Waals surface area (Å²) in [6.45, 7) is 1.85. The summed E-state index contributed by atoms with van der Waals surface area (Å²) in [5.74, 6) is -0.390. The highest BCUT2D eigenvalue weighted by molar-refractivity contribution is 5.95. The van der Waals surface area contributed by atoms with Gasteiger partial charge in [0.1, 0.15) is 0 Å². The molecule has 0 aliphatic rings. The van der Waals surface area contributed by atoms with Crippen LogP contribution in [0.3, 0.4) is 0 Å². The summed E-state index contributed by atoms with van der Waals surface area (Å²) in [5, 5.41) is 14.6. The second kappa shape index (κ2) is 7.84. The Hall–Kier alpha value is -3.02. The first-order chi connectivity index (χ1) is 11.1. The van der Waals surface area contributed by atoms with Crippen LogP contribution in [-0.2, 0) is 6.42 Å². The van der Waals surface area contributed by atoms with E-state index >= 15 is 0 Å². The lowest BCUT2D eigenvalue weighted by Gasteiger charge is -2.03. The first-order valence-electron chi connectivity index (χ1n) is 7.18. The maximum absolute atomic E-state index is 11.9. The van der Waals surface area contributed by atoms with Crippen LogP contribution in [0.5, 0.6) is 0 Å². The Morgan fingerprint density at radius 2 is 1.78 bits per heavy atom. The molecule has 118 valence electrons. The molecule has 0 unspecified atom stereocenters.